The van der Waals surface area contributed by atoms with Crippen LogP contribution in [-0.4, -0.2) is 55.2 Å². The molecule has 0 saturated carbocycles. The predicted octanol–water partition coefficient (Wildman–Crippen LogP) is 0.998. The molecule has 4 nitrogen and oxygen atoms in total. The van der Waals surface area contributed by atoms with Gasteiger partial charge in [-0.3, -0.25) is 4.90 Å². The van der Waals surface area contributed by atoms with Crippen molar-refractivity contribution in [2.24, 2.45) is 0 Å². The summed E-state index contributed by atoms with van der Waals surface area (Å²) in [5.41, 5.74) is 1.33. The van der Waals surface area contributed by atoms with E-state index in [1.165, 1.54) is 12.1 Å². The number of benzene rings is 1. The fraction of sp³-hybridized carbons (Fsp3) is 0.571. The number of nitrogens with zero attached hydrogens (tertiary/aromatic N) is 2. The molecule has 19 heavy (non-hydrogen) atoms. The number of halogens is 1. The molecule has 2 rings (SSSR count). The van der Waals surface area contributed by atoms with Crippen molar-refractivity contribution in [3.63, 3.8) is 0 Å². The maximum absolute atomic E-state index is 13.7. The van der Waals surface area contributed by atoms with Crippen LogP contribution in [0.1, 0.15) is 11.1 Å². The fourth-order valence-electron chi connectivity index (χ4n) is 2.41. The molecule has 0 atom stereocenters. The van der Waals surface area contributed by atoms with E-state index in [1.54, 1.807) is 0 Å². The van der Waals surface area contributed by atoms with Gasteiger partial charge in [-0.15, -0.1) is 0 Å². The van der Waals surface area contributed by atoms with E-state index in [0.29, 0.717) is 24.2 Å². The minimum absolute atomic E-state index is 0.230. The molecule has 2 N–H and O–H groups in total. The lowest BCUT2D eigenvalue weighted by atomic mass is 10.1. The van der Waals surface area contributed by atoms with Crippen LogP contribution in [0.3, 0.4) is 0 Å². The highest BCUT2D eigenvalue weighted by Crippen LogP contribution is 2.26. The summed E-state index contributed by atoms with van der Waals surface area (Å²) in [6.45, 7) is 4.89. The third-order valence-electron chi connectivity index (χ3n) is 3.32. The van der Waals surface area contributed by atoms with Gasteiger partial charge < -0.3 is 15.3 Å². The van der Waals surface area contributed by atoms with E-state index in [-0.39, 0.29) is 11.6 Å². The van der Waals surface area contributed by atoms with Crippen molar-refractivity contribution in [3.05, 3.63) is 29.1 Å². The summed E-state index contributed by atoms with van der Waals surface area (Å²) in [5, 5.41) is 13.5. The molecule has 0 spiro atoms. The van der Waals surface area contributed by atoms with Crippen molar-refractivity contribution < 1.29 is 9.50 Å². The van der Waals surface area contributed by atoms with Crippen molar-refractivity contribution in [3.8, 4) is 5.75 Å². The molecule has 0 radical (unpaired) electrons. The van der Waals surface area contributed by atoms with Crippen molar-refractivity contribution in [1.82, 2.24) is 15.1 Å². The Morgan fingerprint density at radius 1 is 1.26 bits per heavy atom. The van der Waals surface area contributed by atoms with Crippen LogP contribution >= 0.6 is 0 Å². The van der Waals surface area contributed by atoms with E-state index in [4.69, 9.17) is 0 Å². The van der Waals surface area contributed by atoms with E-state index < -0.39 is 0 Å². The Bertz CT molecular complexity index is 431. The zero-order chi connectivity index (χ0) is 13.8. The van der Waals surface area contributed by atoms with Gasteiger partial charge in [0.2, 0.25) is 0 Å². The van der Waals surface area contributed by atoms with E-state index in [2.05, 4.69) is 10.2 Å². The molecule has 0 aromatic heterocycles. The second kappa shape index (κ2) is 6.32. The zero-order valence-corrected chi connectivity index (χ0v) is 11.6. The fourth-order valence-corrected chi connectivity index (χ4v) is 2.41. The first-order chi connectivity index (χ1) is 9.06. The van der Waals surface area contributed by atoms with E-state index >= 15 is 0 Å². The molecule has 1 fully saturated rings. The maximum atomic E-state index is 13.7. The maximum Gasteiger partial charge on any atom is 0.124 e. The summed E-state index contributed by atoms with van der Waals surface area (Å²) in [6, 6.07) is 2.85. The van der Waals surface area contributed by atoms with Crippen LogP contribution in [-0.2, 0) is 13.1 Å². The zero-order valence-electron chi connectivity index (χ0n) is 11.6. The first-order valence-corrected chi connectivity index (χ1v) is 6.64. The summed E-state index contributed by atoms with van der Waals surface area (Å²) in [5.74, 6) is -0.0478. The molecule has 0 aliphatic carbocycles. The number of rotatable bonds is 4. The Morgan fingerprint density at radius 2 is 1.89 bits per heavy atom. The van der Waals surface area contributed by atoms with Crippen molar-refractivity contribution in [2.75, 3.05) is 40.3 Å². The second-order valence-electron chi connectivity index (χ2n) is 5.34. The largest absolute Gasteiger partial charge is 0.507 e. The highest BCUT2D eigenvalue weighted by atomic mass is 19.1. The molecule has 0 bridgehead atoms. The Morgan fingerprint density at radius 3 is 2.53 bits per heavy atom. The van der Waals surface area contributed by atoms with E-state index in [0.717, 1.165) is 26.2 Å². The number of phenols is 1. The Balaban J connectivity index is 2.16. The number of hydrogen-bond donors (Lipinski definition) is 2. The number of hydrogen-bond acceptors (Lipinski definition) is 4. The smallest absolute Gasteiger partial charge is 0.124 e. The van der Waals surface area contributed by atoms with Crippen LogP contribution in [0, 0.1) is 5.82 Å². The Labute approximate surface area is 113 Å². The first kappa shape index (κ1) is 14.2. The molecular weight excluding hydrogens is 245 g/mol. The van der Waals surface area contributed by atoms with Gasteiger partial charge in [0.15, 0.2) is 0 Å². The summed E-state index contributed by atoms with van der Waals surface area (Å²) in [4.78, 5) is 4.15. The van der Waals surface area contributed by atoms with Gasteiger partial charge in [-0.25, -0.2) is 4.39 Å². The topological polar surface area (TPSA) is 38.7 Å². The molecule has 5 heteroatoms. The lowest BCUT2D eigenvalue weighted by Gasteiger charge is -2.27. The summed E-state index contributed by atoms with van der Waals surface area (Å²) < 4.78 is 13.7. The third kappa shape index (κ3) is 3.89. The van der Waals surface area contributed by atoms with Crippen molar-refractivity contribution in [2.45, 2.75) is 13.1 Å². The van der Waals surface area contributed by atoms with Crippen molar-refractivity contribution >= 4 is 0 Å². The van der Waals surface area contributed by atoms with Gasteiger partial charge in [-0.05, 0) is 26.2 Å². The van der Waals surface area contributed by atoms with Crippen LogP contribution in [0.2, 0.25) is 0 Å². The molecule has 1 saturated heterocycles. The molecule has 1 aliphatic heterocycles. The monoisotopic (exact) mass is 267 g/mol. The highest BCUT2D eigenvalue weighted by Gasteiger charge is 2.15. The van der Waals surface area contributed by atoms with Crippen LogP contribution in [0.5, 0.6) is 5.75 Å². The number of aromatic hydroxyl groups is 1. The second-order valence-corrected chi connectivity index (χ2v) is 5.34. The summed E-state index contributed by atoms with van der Waals surface area (Å²) >= 11 is 0. The standard InChI is InChI=1S/C14H22FN3O/c1-17(2)9-11-7-13(15)8-12(14(11)19)10-18-5-3-16-4-6-18/h7-8,16,19H,3-6,9-10H2,1-2H3. The highest BCUT2D eigenvalue weighted by molar-refractivity contribution is 5.41. The van der Waals surface area contributed by atoms with Gasteiger partial charge in [-0.1, -0.05) is 0 Å². The summed E-state index contributed by atoms with van der Waals surface area (Å²) in [6.07, 6.45) is 0. The van der Waals surface area contributed by atoms with Gasteiger partial charge in [0.05, 0.1) is 0 Å². The van der Waals surface area contributed by atoms with Crippen LogP contribution in [0.25, 0.3) is 0 Å². The van der Waals surface area contributed by atoms with E-state index in [9.17, 15) is 9.50 Å². The average molecular weight is 267 g/mol. The van der Waals surface area contributed by atoms with Gasteiger partial charge in [0, 0.05) is 50.4 Å². The first-order valence-electron chi connectivity index (χ1n) is 6.64. The van der Waals surface area contributed by atoms with Gasteiger partial charge in [0.1, 0.15) is 11.6 Å². The number of piperazine rings is 1. The van der Waals surface area contributed by atoms with Gasteiger partial charge >= 0.3 is 0 Å². The number of phenolic OH excluding ortho intramolecular Hbond substituents is 1. The molecule has 106 valence electrons. The average Bonchev–Trinajstić information content (AvgIpc) is 2.35. The lowest BCUT2D eigenvalue weighted by molar-refractivity contribution is 0.230. The van der Waals surface area contributed by atoms with Crippen LogP contribution < -0.4 is 5.32 Å². The summed E-state index contributed by atoms with van der Waals surface area (Å²) in [7, 11) is 3.81. The lowest BCUT2D eigenvalue weighted by Crippen LogP contribution is -2.42. The minimum Gasteiger partial charge on any atom is -0.507 e. The van der Waals surface area contributed by atoms with Crippen LogP contribution in [0.15, 0.2) is 12.1 Å². The molecule has 1 heterocycles. The minimum atomic E-state index is -0.278. The Kier molecular flexibility index (Phi) is 4.74. The predicted molar refractivity (Wildman–Crippen MR) is 73.6 cm³/mol. The molecule has 1 aromatic rings. The van der Waals surface area contributed by atoms with Gasteiger partial charge in [0.25, 0.3) is 0 Å². The quantitative estimate of drug-likeness (QED) is 0.853. The molecule has 0 amide bonds. The SMILES string of the molecule is CN(C)Cc1cc(F)cc(CN2CCNCC2)c1O. The van der Waals surface area contributed by atoms with E-state index in [1.807, 2.05) is 19.0 Å². The normalized spacial score (nSPS) is 17.1. The molecular formula is C14H22FN3O. The molecule has 1 aliphatic rings. The third-order valence-corrected chi connectivity index (χ3v) is 3.32. The number of nitrogens with one attached hydrogen (secondary N) is 1. The molecule has 1 aromatic carbocycles. The van der Waals surface area contributed by atoms with Crippen molar-refractivity contribution in [1.29, 1.82) is 0 Å². The van der Waals surface area contributed by atoms with Crippen LogP contribution in [0.4, 0.5) is 4.39 Å². The molecule has 0 unspecified atom stereocenters. The Hall–Kier alpha value is -1.17. The van der Waals surface area contributed by atoms with Gasteiger partial charge in [-0.2, -0.15) is 0 Å².